The first-order valence-corrected chi connectivity index (χ1v) is 9.28. The Morgan fingerprint density at radius 3 is 2.91 bits per heavy atom. The van der Waals surface area contributed by atoms with Gasteiger partial charge in [-0.25, -0.2) is 9.97 Å². The van der Waals surface area contributed by atoms with Gasteiger partial charge in [0.15, 0.2) is 0 Å². The predicted molar refractivity (Wildman–Crippen MR) is 89.4 cm³/mol. The van der Waals surface area contributed by atoms with E-state index in [0.717, 1.165) is 13.1 Å². The van der Waals surface area contributed by atoms with Crippen LogP contribution in [0.25, 0.3) is 0 Å². The molecule has 22 heavy (non-hydrogen) atoms. The van der Waals surface area contributed by atoms with Gasteiger partial charge in [-0.1, -0.05) is 0 Å². The third kappa shape index (κ3) is 2.61. The Hall–Kier alpha value is -1.20. The summed E-state index contributed by atoms with van der Waals surface area (Å²) >= 11 is 1.75. The number of imidazole rings is 1. The van der Waals surface area contributed by atoms with Gasteiger partial charge in [-0.3, -0.25) is 4.90 Å². The van der Waals surface area contributed by atoms with E-state index in [-0.39, 0.29) is 0 Å². The Morgan fingerprint density at radius 2 is 2.09 bits per heavy atom. The van der Waals surface area contributed by atoms with Crippen molar-refractivity contribution in [3.05, 3.63) is 33.3 Å². The lowest BCUT2D eigenvalue weighted by Gasteiger charge is -2.21. The highest BCUT2D eigenvalue weighted by Crippen LogP contribution is 2.30. The Balaban J connectivity index is 1.50. The maximum absolute atomic E-state index is 4.84. The van der Waals surface area contributed by atoms with E-state index < -0.39 is 0 Å². The van der Waals surface area contributed by atoms with Crippen LogP contribution in [0.4, 0.5) is 0 Å². The molecule has 0 radical (unpaired) electrons. The first kappa shape index (κ1) is 14.4. The first-order valence-electron chi connectivity index (χ1n) is 8.40. The molecule has 1 aliphatic heterocycles. The Kier molecular flexibility index (Phi) is 3.78. The van der Waals surface area contributed by atoms with Gasteiger partial charge in [0.1, 0.15) is 5.82 Å². The standard InChI is InChI=1S/C17H24N4S/c1-12-18-16-5-3-4-6-17(16)21(12)15-7-8-20(10-15)9-14-11-22-13(2)19-14/h11,15H,3-10H2,1-2H3/t15-/m1/s1. The molecule has 1 saturated heterocycles. The summed E-state index contributed by atoms with van der Waals surface area (Å²) in [6.07, 6.45) is 6.28. The van der Waals surface area contributed by atoms with Gasteiger partial charge in [0.25, 0.3) is 0 Å². The van der Waals surface area contributed by atoms with Crippen LogP contribution in [0.2, 0.25) is 0 Å². The van der Waals surface area contributed by atoms with Crippen LogP contribution in [0.15, 0.2) is 5.38 Å². The molecule has 0 spiro atoms. The Morgan fingerprint density at radius 1 is 1.23 bits per heavy atom. The van der Waals surface area contributed by atoms with Gasteiger partial charge in [0.2, 0.25) is 0 Å². The third-order valence-corrected chi connectivity index (χ3v) is 5.83. The molecule has 0 N–H and O–H groups in total. The van der Waals surface area contributed by atoms with Crippen molar-refractivity contribution in [1.29, 1.82) is 0 Å². The maximum atomic E-state index is 4.84. The molecular formula is C17H24N4S. The van der Waals surface area contributed by atoms with Gasteiger partial charge < -0.3 is 4.57 Å². The second-order valence-electron chi connectivity index (χ2n) is 6.66. The first-order chi connectivity index (χ1) is 10.7. The summed E-state index contributed by atoms with van der Waals surface area (Å²) in [4.78, 5) is 12.0. The van der Waals surface area contributed by atoms with Crippen molar-refractivity contribution in [2.75, 3.05) is 13.1 Å². The fourth-order valence-corrected chi connectivity index (χ4v) is 4.66. The number of hydrogen-bond donors (Lipinski definition) is 0. The molecule has 2 aliphatic rings. The minimum absolute atomic E-state index is 0.606. The van der Waals surface area contributed by atoms with E-state index in [1.807, 2.05) is 0 Å². The van der Waals surface area contributed by atoms with Crippen molar-refractivity contribution in [3.8, 4) is 0 Å². The normalized spacial score (nSPS) is 22.2. The number of aromatic nitrogens is 3. The van der Waals surface area contributed by atoms with E-state index in [1.165, 1.54) is 66.6 Å². The van der Waals surface area contributed by atoms with Crippen LogP contribution >= 0.6 is 11.3 Å². The minimum atomic E-state index is 0.606. The minimum Gasteiger partial charge on any atom is -0.328 e. The molecule has 0 saturated carbocycles. The lowest BCUT2D eigenvalue weighted by atomic mass is 10.0. The molecule has 0 amide bonds. The maximum Gasteiger partial charge on any atom is 0.106 e. The highest BCUT2D eigenvalue weighted by Gasteiger charge is 2.29. The second-order valence-corrected chi connectivity index (χ2v) is 7.73. The van der Waals surface area contributed by atoms with Crippen molar-refractivity contribution in [2.45, 2.75) is 58.5 Å². The van der Waals surface area contributed by atoms with Crippen LogP contribution in [0.1, 0.15) is 53.2 Å². The van der Waals surface area contributed by atoms with E-state index in [9.17, 15) is 0 Å². The smallest absolute Gasteiger partial charge is 0.106 e. The van der Waals surface area contributed by atoms with Crippen molar-refractivity contribution in [2.24, 2.45) is 0 Å². The van der Waals surface area contributed by atoms with E-state index >= 15 is 0 Å². The Bertz CT molecular complexity index is 672. The number of thiazole rings is 1. The SMILES string of the molecule is Cc1nc(CN2CC[C@@H](n3c(C)nc4c3CCCC4)C2)cs1. The topological polar surface area (TPSA) is 34.0 Å². The highest BCUT2D eigenvalue weighted by molar-refractivity contribution is 7.09. The molecule has 1 fully saturated rings. The van der Waals surface area contributed by atoms with Crippen LogP contribution in [-0.2, 0) is 19.4 Å². The summed E-state index contributed by atoms with van der Waals surface area (Å²) in [6, 6.07) is 0.606. The van der Waals surface area contributed by atoms with Gasteiger partial charge in [-0.2, -0.15) is 0 Å². The molecule has 3 heterocycles. The molecule has 1 aliphatic carbocycles. The van der Waals surface area contributed by atoms with E-state index in [0.29, 0.717) is 6.04 Å². The fourth-order valence-electron chi connectivity index (χ4n) is 4.06. The van der Waals surface area contributed by atoms with Crippen molar-refractivity contribution in [1.82, 2.24) is 19.4 Å². The van der Waals surface area contributed by atoms with Gasteiger partial charge in [-0.15, -0.1) is 11.3 Å². The monoisotopic (exact) mass is 316 g/mol. The fraction of sp³-hybridized carbons (Fsp3) is 0.647. The van der Waals surface area contributed by atoms with Crippen molar-refractivity contribution in [3.63, 3.8) is 0 Å². The largest absolute Gasteiger partial charge is 0.328 e. The van der Waals surface area contributed by atoms with Crippen LogP contribution in [0.5, 0.6) is 0 Å². The molecule has 1 atom stereocenters. The number of hydrogen-bond acceptors (Lipinski definition) is 4. The van der Waals surface area contributed by atoms with Crippen LogP contribution < -0.4 is 0 Å². The molecule has 4 rings (SSSR count). The van der Waals surface area contributed by atoms with Gasteiger partial charge in [-0.05, 0) is 46.0 Å². The zero-order valence-corrected chi connectivity index (χ0v) is 14.3. The number of likely N-dealkylation sites (tertiary alicyclic amines) is 1. The van der Waals surface area contributed by atoms with E-state index in [2.05, 4.69) is 33.7 Å². The molecule has 2 aromatic rings. The number of fused-ring (bicyclic) bond motifs is 1. The second kappa shape index (κ2) is 5.78. The average molecular weight is 316 g/mol. The molecule has 0 aromatic carbocycles. The number of rotatable bonds is 3. The molecule has 0 bridgehead atoms. The van der Waals surface area contributed by atoms with Gasteiger partial charge in [0.05, 0.1) is 16.4 Å². The summed E-state index contributed by atoms with van der Waals surface area (Å²) < 4.78 is 2.56. The summed E-state index contributed by atoms with van der Waals surface area (Å²) in [6.45, 7) is 7.58. The van der Waals surface area contributed by atoms with E-state index in [4.69, 9.17) is 4.98 Å². The molecule has 2 aromatic heterocycles. The molecular weight excluding hydrogens is 292 g/mol. The molecule has 4 nitrogen and oxygen atoms in total. The third-order valence-electron chi connectivity index (χ3n) is 5.01. The molecule has 118 valence electrons. The van der Waals surface area contributed by atoms with Crippen molar-refractivity contribution >= 4 is 11.3 Å². The van der Waals surface area contributed by atoms with Crippen LogP contribution in [0.3, 0.4) is 0 Å². The molecule has 5 heteroatoms. The summed E-state index contributed by atoms with van der Waals surface area (Å²) in [7, 11) is 0. The highest BCUT2D eigenvalue weighted by atomic mass is 32.1. The van der Waals surface area contributed by atoms with Crippen molar-refractivity contribution < 1.29 is 0 Å². The number of aryl methyl sites for hydroxylation is 3. The zero-order chi connectivity index (χ0) is 15.1. The van der Waals surface area contributed by atoms with Crippen LogP contribution in [0, 0.1) is 13.8 Å². The lowest BCUT2D eigenvalue weighted by molar-refractivity contribution is 0.311. The van der Waals surface area contributed by atoms with Gasteiger partial charge in [0, 0.05) is 36.8 Å². The quantitative estimate of drug-likeness (QED) is 0.871. The zero-order valence-electron chi connectivity index (χ0n) is 13.5. The Labute approximate surface area is 136 Å². The number of nitrogens with zero attached hydrogens (tertiary/aromatic N) is 4. The lowest BCUT2D eigenvalue weighted by Crippen LogP contribution is -2.23. The summed E-state index contributed by atoms with van der Waals surface area (Å²) in [5.41, 5.74) is 4.13. The summed E-state index contributed by atoms with van der Waals surface area (Å²) in [5.74, 6) is 1.23. The average Bonchev–Trinajstić information content (AvgIpc) is 3.18. The van der Waals surface area contributed by atoms with E-state index in [1.54, 1.807) is 11.3 Å². The van der Waals surface area contributed by atoms with Crippen LogP contribution in [-0.4, -0.2) is 32.5 Å². The summed E-state index contributed by atoms with van der Waals surface area (Å²) in [5, 5.41) is 3.37. The predicted octanol–water partition coefficient (Wildman–Crippen LogP) is 3.28. The van der Waals surface area contributed by atoms with Gasteiger partial charge >= 0.3 is 0 Å². The molecule has 0 unspecified atom stereocenters.